The van der Waals surface area contributed by atoms with Crippen molar-refractivity contribution in [1.82, 2.24) is 19.5 Å². The highest BCUT2D eigenvalue weighted by Gasteiger charge is 2.35. The maximum atomic E-state index is 12.5. The minimum absolute atomic E-state index is 0.00433. The van der Waals surface area contributed by atoms with Gasteiger partial charge in [-0.15, -0.1) is 0 Å². The van der Waals surface area contributed by atoms with E-state index in [1.54, 1.807) is 24.0 Å². The number of aromatic nitrogens is 4. The molecule has 0 amide bonds. The summed E-state index contributed by atoms with van der Waals surface area (Å²) in [6.07, 6.45) is -1.32. The zero-order valence-corrected chi connectivity index (χ0v) is 10.5. The Bertz CT molecular complexity index is 581. The van der Waals surface area contributed by atoms with E-state index in [-0.39, 0.29) is 17.5 Å². The monoisotopic (exact) mass is 291 g/mol. The first-order chi connectivity index (χ1) is 8.86. The van der Waals surface area contributed by atoms with Crippen LogP contribution in [-0.4, -0.2) is 19.5 Å². The molecule has 0 fully saturated rings. The summed E-state index contributed by atoms with van der Waals surface area (Å²) in [5, 5.41) is 2.45. The van der Waals surface area contributed by atoms with E-state index >= 15 is 0 Å². The smallest absolute Gasteiger partial charge is 0.363 e. The van der Waals surface area contributed by atoms with E-state index in [9.17, 15) is 13.2 Å². The third kappa shape index (κ3) is 3.34. The summed E-state index contributed by atoms with van der Waals surface area (Å²) in [6, 6.07) is 1.22. The molecule has 1 N–H and O–H groups in total. The van der Waals surface area contributed by atoms with Crippen molar-refractivity contribution in [2.24, 2.45) is 7.05 Å². The number of imidazole rings is 1. The van der Waals surface area contributed by atoms with Crippen LogP contribution in [0.5, 0.6) is 0 Å². The Morgan fingerprint density at radius 3 is 2.68 bits per heavy atom. The van der Waals surface area contributed by atoms with Crippen LogP contribution in [0.3, 0.4) is 0 Å². The molecule has 5 nitrogen and oxygen atoms in total. The van der Waals surface area contributed by atoms with Crippen molar-refractivity contribution < 1.29 is 13.2 Å². The Labute approximate surface area is 111 Å². The van der Waals surface area contributed by atoms with E-state index in [1.807, 2.05) is 0 Å². The van der Waals surface area contributed by atoms with E-state index in [1.165, 1.54) is 6.07 Å². The minimum atomic E-state index is -4.63. The number of hydrogen-bond donors (Lipinski definition) is 1. The first kappa shape index (κ1) is 13.6. The highest BCUT2D eigenvalue weighted by molar-refractivity contribution is 6.29. The largest absolute Gasteiger partial charge is 0.451 e. The Morgan fingerprint density at radius 1 is 1.37 bits per heavy atom. The van der Waals surface area contributed by atoms with Crippen LogP contribution in [0.25, 0.3) is 0 Å². The van der Waals surface area contributed by atoms with Crippen LogP contribution in [0.15, 0.2) is 18.5 Å². The molecule has 0 bridgehead atoms. The van der Waals surface area contributed by atoms with Gasteiger partial charge in [0.1, 0.15) is 16.8 Å². The zero-order chi connectivity index (χ0) is 14.0. The van der Waals surface area contributed by atoms with Crippen LogP contribution in [0, 0.1) is 0 Å². The van der Waals surface area contributed by atoms with E-state index in [4.69, 9.17) is 11.6 Å². The molecular weight excluding hydrogens is 283 g/mol. The summed E-state index contributed by atoms with van der Waals surface area (Å²) >= 11 is 5.54. The quantitative estimate of drug-likeness (QED) is 0.883. The zero-order valence-electron chi connectivity index (χ0n) is 9.74. The van der Waals surface area contributed by atoms with E-state index < -0.39 is 12.0 Å². The number of aryl methyl sites for hydroxylation is 1. The van der Waals surface area contributed by atoms with Gasteiger partial charge in [0.05, 0.1) is 6.54 Å². The highest BCUT2D eigenvalue weighted by Crippen LogP contribution is 2.28. The van der Waals surface area contributed by atoms with Gasteiger partial charge in [-0.2, -0.15) is 13.2 Å². The fourth-order valence-corrected chi connectivity index (χ4v) is 1.55. The lowest BCUT2D eigenvalue weighted by Crippen LogP contribution is -2.14. The van der Waals surface area contributed by atoms with Crippen molar-refractivity contribution in [1.29, 1.82) is 0 Å². The van der Waals surface area contributed by atoms with Crippen molar-refractivity contribution in [2.45, 2.75) is 12.7 Å². The Morgan fingerprint density at radius 2 is 2.11 bits per heavy atom. The molecule has 0 saturated carbocycles. The second kappa shape index (κ2) is 5.04. The average molecular weight is 292 g/mol. The Balaban J connectivity index is 2.17. The first-order valence-corrected chi connectivity index (χ1v) is 5.56. The van der Waals surface area contributed by atoms with Crippen molar-refractivity contribution >= 4 is 17.4 Å². The van der Waals surface area contributed by atoms with Gasteiger partial charge in [0.25, 0.3) is 0 Å². The van der Waals surface area contributed by atoms with Crippen molar-refractivity contribution in [3.05, 3.63) is 35.3 Å². The van der Waals surface area contributed by atoms with E-state index in [0.29, 0.717) is 5.82 Å². The fourth-order valence-electron chi connectivity index (χ4n) is 1.37. The van der Waals surface area contributed by atoms with Gasteiger partial charge < -0.3 is 9.88 Å². The fraction of sp³-hybridized carbons (Fsp3) is 0.300. The van der Waals surface area contributed by atoms with Gasteiger partial charge in [0.15, 0.2) is 0 Å². The molecular formula is C10H9ClF3N5. The normalized spacial score (nSPS) is 11.6. The molecule has 0 aliphatic rings. The Hall–Kier alpha value is -1.83. The van der Waals surface area contributed by atoms with E-state index in [2.05, 4.69) is 20.3 Å². The minimum Gasteiger partial charge on any atom is -0.363 e. The van der Waals surface area contributed by atoms with Crippen molar-refractivity contribution in [3.63, 3.8) is 0 Å². The molecule has 0 unspecified atom stereocenters. The second-order valence-corrected chi connectivity index (χ2v) is 4.09. The second-order valence-electron chi connectivity index (χ2n) is 3.71. The highest BCUT2D eigenvalue weighted by atomic mass is 35.5. The van der Waals surface area contributed by atoms with Crippen LogP contribution in [-0.2, 0) is 19.8 Å². The van der Waals surface area contributed by atoms with Gasteiger partial charge in [-0.1, -0.05) is 11.6 Å². The standard InChI is InChI=1S/C10H9ClF3N5/c1-19-3-2-15-8(19)5-16-7-4-6(11)17-9(18-7)10(12,13)14/h2-4H,5H2,1H3,(H,16,17,18). The number of alkyl halides is 3. The molecule has 2 heterocycles. The molecule has 0 aliphatic carbocycles. The molecule has 0 saturated heterocycles. The van der Waals surface area contributed by atoms with Gasteiger partial charge in [-0.3, -0.25) is 0 Å². The van der Waals surface area contributed by atoms with Gasteiger partial charge in [-0.25, -0.2) is 15.0 Å². The lowest BCUT2D eigenvalue weighted by molar-refractivity contribution is -0.144. The SMILES string of the molecule is Cn1ccnc1CNc1cc(Cl)nc(C(F)(F)F)n1. The summed E-state index contributed by atoms with van der Waals surface area (Å²) in [7, 11) is 1.78. The number of rotatable bonds is 3. The summed E-state index contributed by atoms with van der Waals surface area (Å²) in [5.41, 5.74) is 0. The summed E-state index contributed by atoms with van der Waals surface area (Å²) < 4.78 is 39.2. The molecule has 0 aliphatic heterocycles. The average Bonchev–Trinajstić information content (AvgIpc) is 2.70. The number of halogens is 4. The van der Waals surface area contributed by atoms with Crippen molar-refractivity contribution in [2.75, 3.05) is 5.32 Å². The van der Waals surface area contributed by atoms with Crippen molar-refractivity contribution in [3.8, 4) is 0 Å². The van der Waals surface area contributed by atoms with Gasteiger partial charge in [-0.05, 0) is 0 Å². The summed E-state index contributed by atoms with van der Waals surface area (Å²) in [4.78, 5) is 10.5. The molecule has 0 spiro atoms. The lowest BCUT2D eigenvalue weighted by Gasteiger charge is -2.09. The predicted octanol–water partition coefficient (Wildman–Crippen LogP) is 2.49. The topological polar surface area (TPSA) is 55.6 Å². The maximum absolute atomic E-state index is 12.5. The van der Waals surface area contributed by atoms with Crippen LogP contribution >= 0.6 is 11.6 Å². The van der Waals surface area contributed by atoms with Crippen LogP contribution in [0.1, 0.15) is 11.6 Å². The number of nitrogens with one attached hydrogen (secondary N) is 1. The van der Waals surface area contributed by atoms with Crippen LogP contribution < -0.4 is 5.32 Å². The molecule has 0 atom stereocenters. The Kier molecular flexibility index (Phi) is 3.61. The maximum Gasteiger partial charge on any atom is 0.451 e. The molecule has 2 aromatic rings. The van der Waals surface area contributed by atoms with Gasteiger partial charge >= 0.3 is 6.18 Å². The molecule has 9 heteroatoms. The summed E-state index contributed by atoms with van der Waals surface area (Å²) in [6.45, 7) is 0.230. The number of nitrogens with zero attached hydrogens (tertiary/aromatic N) is 4. The first-order valence-electron chi connectivity index (χ1n) is 5.18. The molecule has 19 heavy (non-hydrogen) atoms. The third-order valence-corrected chi connectivity index (χ3v) is 2.49. The van der Waals surface area contributed by atoms with Crippen LogP contribution in [0.2, 0.25) is 5.15 Å². The predicted molar refractivity (Wildman–Crippen MR) is 62.6 cm³/mol. The van der Waals surface area contributed by atoms with E-state index in [0.717, 1.165) is 0 Å². The number of hydrogen-bond acceptors (Lipinski definition) is 4. The molecule has 2 rings (SSSR count). The van der Waals surface area contributed by atoms with Gasteiger partial charge in [0.2, 0.25) is 5.82 Å². The van der Waals surface area contributed by atoms with Gasteiger partial charge in [0, 0.05) is 25.5 Å². The molecule has 2 aromatic heterocycles. The molecule has 0 aromatic carbocycles. The number of anilines is 1. The summed E-state index contributed by atoms with van der Waals surface area (Å²) in [5.74, 6) is -0.624. The molecule has 0 radical (unpaired) electrons. The van der Waals surface area contributed by atoms with Crippen LogP contribution in [0.4, 0.5) is 19.0 Å². The third-order valence-electron chi connectivity index (χ3n) is 2.30. The molecule has 102 valence electrons. The lowest BCUT2D eigenvalue weighted by atomic mass is 10.5.